The fourth-order valence-corrected chi connectivity index (χ4v) is 1.95. The standard InChI is InChI=1S/C13H13NO6/c1-7-3-4-9(6-10(7)14(17)18)12(15)20-11-5-8(2)19-13(11)16/h3-4,6,8,11H,5H2,1-2H3. The van der Waals surface area contributed by atoms with Gasteiger partial charge >= 0.3 is 11.9 Å². The summed E-state index contributed by atoms with van der Waals surface area (Å²) < 4.78 is 9.89. The lowest BCUT2D eigenvalue weighted by Gasteiger charge is -2.08. The topological polar surface area (TPSA) is 95.7 Å². The molecule has 1 aliphatic rings. The van der Waals surface area contributed by atoms with E-state index in [2.05, 4.69) is 0 Å². The maximum atomic E-state index is 11.9. The van der Waals surface area contributed by atoms with Gasteiger partial charge in [-0.2, -0.15) is 0 Å². The molecule has 0 amide bonds. The summed E-state index contributed by atoms with van der Waals surface area (Å²) in [5, 5.41) is 10.8. The van der Waals surface area contributed by atoms with Gasteiger partial charge in [-0.3, -0.25) is 10.1 Å². The third-order valence-corrected chi connectivity index (χ3v) is 3.02. The number of rotatable bonds is 3. The molecule has 7 nitrogen and oxygen atoms in total. The Labute approximate surface area is 114 Å². The summed E-state index contributed by atoms with van der Waals surface area (Å²) in [6, 6.07) is 4.03. The van der Waals surface area contributed by atoms with Crippen LogP contribution in [0.4, 0.5) is 5.69 Å². The highest BCUT2D eigenvalue weighted by Gasteiger charge is 2.35. The molecule has 7 heteroatoms. The van der Waals surface area contributed by atoms with E-state index in [9.17, 15) is 19.7 Å². The zero-order valence-electron chi connectivity index (χ0n) is 11.0. The maximum Gasteiger partial charge on any atom is 0.347 e. The number of hydrogen-bond donors (Lipinski definition) is 0. The monoisotopic (exact) mass is 279 g/mol. The summed E-state index contributed by atoms with van der Waals surface area (Å²) in [7, 11) is 0. The average molecular weight is 279 g/mol. The van der Waals surface area contributed by atoms with Crippen LogP contribution in [0.2, 0.25) is 0 Å². The van der Waals surface area contributed by atoms with E-state index in [1.54, 1.807) is 13.8 Å². The molecule has 0 spiro atoms. The number of cyclic esters (lactones) is 1. The third kappa shape index (κ3) is 2.76. The molecule has 1 saturated heterocycles. The predicted octanol–water partition coefficient (Wildman–Crippen LogP) is 1.76. The van der Waals surface area contributed by atoms with Gasteiger partial charge < -0.3 is 9.47 Å². The summed E-state index contributed by atoms with van der Waals surface area (Å²) in [5.74, 6) is -1.36. The highest BCUT2D eigenvalue weighted by atomic mass is 16.6. The van der Waals surface area contributed by atoms with E-state index in [1.807, 2.05) is 0 Å². The summed E-state index contributed by atoms with van der Waals surface area (Å²) in [4.78, 5) is 33.5. The minimum atomic E-state index is -0.946. The number of hydrogen-bond acceptors (Lipinski definition) is 6. The highest BCUT2D eigenvalue weighted by molar-refractivity contribution is 5.92. The van der Waals surface area contributed by atoms with Gasteiger partial charge in [0.2, 0.25) is 6.10 Å². The Kier molecular flexibility index (Phi) is 3.69. The van der Waals surface area contributed by atoms with Gasteiger partial charge in [-0.05, 0) is 19.9 Å². The van der Waals surface area contributed by atoms with Crippen LogP contribution in [-0.2, 0) is 14.3 Å². The van der Waals surface area contributed by atoms with Crippen molar-refractivity contribution in [3.05, 3.63) is 39.4 Å². The smallest absolute Gasteiger partial charge is 0.347 e. The Bertz CT molecular complexity index is 582. The first-order valence-corrected chi connectivity index (χ1v) is 6.05. The molecule has 0 aliphatic carbocycles. The maximum absolute atomic E-state index is 11.9. The van der Waals surface area contributed by atoms with E-state index in [0.717, 1.165) is 6.07 Å². The molecule has 0 radical (unpaired) electrons. The second-order valence-corrected chi connectivity index (χ2v) is 4.64. The number of esters is 2. The van der Waals surface area contributed by atoms with E-state index < -0.39 is 23.0 Å². The molecule has 2 atom stereocenters. The lowest BCUT2D eigenvalue weighted by molar-refractivity contribution is -0.385. The number of nitro groups is 1. The zero-order valence-corrected chi connectivity index (χ0v) is 11.0. The van der Waals surface area contributed by atoms with Crippen molar-refractivity contribution in [3.63, 3.8) is 0 Å². The Hall–Kier alpha value is -2.44. The molecule has 0 bridgehead atoms. The average Bonchev–Trinajstić information content (AvgIpc) is 2.67. The minimum absolute atomic E-state index is 0.0367. The van der Waals surface area contributed by atoms with Crippen LogP contribution in [0.5, 0.6) is 0 Å². The first-order chi connectivity index (χ1) is 9.38. The fraction of sp³-hybridized carbons (Fsp3) is 0.385. The molecule has 2 rings (SSSR count). The highest BCUT2D eigenvalue weighted by Crippen LogP contribution is 2.22. The quantitative estimate of drug-likeness (QED) is 0.475. The summed E-state index contributed by atoms with van der Waals surface area (Å²) in [6.45, 7) is 3.27. The molecular formula is C13H13NO6. The molecule has 106 valence electrons. The SMILES string of the molecule is Cc1ccc(C(=O)OC2CC(C)OC2=O)cc1[N+](=O)[O-]. The Balaban J connectivity index is 2.16. The van der Waals surface area contributed by atoms with E-state index in [0.29, 0.717) is 12.0 Å². The number of aryl methyl sites for hydroxylation is 1. The van der Waals surface area contributed by atoms with Gasteiger partial charge in [0.1, 0.15) is 6.10 Å². The number of carbonyl (C=O) groups excluding carboxylic acids is 2. The summed E-state index contributed by atoms with van der Waals surface area (Å²) in [5.41, 5.74) is 0.317. The molecule has 1 fully saturated rings. The van der Waals surface area contributed by atoms with E-state index in [4.69, 9.17) is 9.47 Å². The van der Waals surface area contributed by atoms with Crippen molar-refractivity contribution in [3.8, 4) is 0 Å². The van der Waals surface area contributed by atoms with Crippen LogP contribution < -0.4 is 0 Å². The number of carbonyl (C=O) groups is 2. The Morgan fingerprint density at radius 1 is 1.50 bits per heavy atom. The van der Waals surface area contributed by atoms with Gasteiger partial charge in [0.25, 0.3) is 5.69 Å². The number of nitro benzene ring substituents is 1. The van der Waals surface area contributed by atoms with Crippen LogP contribution in [0.25, 0.3) is 0 Å². The van der Waals surface area contributed by atoms with E-state index in [1.165, 1.54) is 12.1 Å². The van der Waals surface area contributed by atoms with Gasteiger partial charge in [0.05, 0.1) is 10.5 Å². The molecular weight excluding hydrogens is 266 g/mol. The molecule has 20 heavy (non-hydrogen) atoms. The number of nitrogens with zero attached hydrogens (tertiary/aromatic N) is 1. The van der Waals surface area contributed by atoms with Crippen molar-refractivity contribution in [2.45, 2.75) is 32.5 Å². The molecule has 0 N–H and O–H groups in total. The lowest BCUT2D eigenvalue weighted by atomic mass is 10.1. The molecule has 1 aromatic rings. The van der Waals surface area contributed by atoms with Gasteiger partial charge in [-0.1, -0.05) is 6.07 Å². The van der Waals surface area contributed by atoms with Crippen molar-refractivity contribution in [1.29, 1.82) is 0 Å². The van der Waals surface area contributed by atoms with Crippen molar-refractivity contribution in [2.75, 3.05) is 0 Å². The zero-order chi connectivity index (χ0) is 14.9. The normalized spacial score (nSPS) is 21.4. The third-order valence-electron chi connectivity index (χ3n) is 3.02. The minimum Gasteiger partial charge on any atom is -0.460 e. The largest absolute Gasteiger partial charge is 0.460 e. The van der Waals surface area contributed by atoms with Crippen molar-refractivity contribution < 1.29 is 24.0 Å². The second kappa shape index (κ2) is 5.28. The molecule has 1 aliphatic heterocycles. The number of benzene rings is 1. The molecule has 1 heterocycles. The second-order valence-electron chi connectivity index (χ2n) is 4.64. The predicted molar refractivity (Wildman–Crippen MR) is 67.2 cm³/mol. The van der Waals surface area contributed by atoms with Crippen LogP contribution in [0.1, 0.15) is 29.3 Å². The van der Waals surface area contributed by atoms with Crippen molar-refractivity contribution in [2.24, 2.45) is 0 Å². The van der Waals surface area contributed by atoms with Crippen LogP contribution in [0.15, 0.2) is 18.2 Å². The van der Waals surface area contributed by atoms with Gasteiger partial charge in [-0.15, -0.1) is 0 Å². The van der Waals surface area contributed by atoms with Crippen molar-refractivity contribution in [1.82, 2.24) is 0 Å². The summed E-state index contributed by atoms with van der Waals surface area (Å²) >= 11 is 0. The van der Waals surface area contributed by atoms with E-state index >= 15 is 0 Å². The van der Waals surface area contributed by atoms with Gasteiger partial charge in [0.15, 0.2) is 0 Å². The van der Waals surface area contributed by atoms with Crippen LogP contribution >= 0.6 is 0 Å². The van der Waals surface area contributed by atoms with E-state index in [-0.39, 0.29) is 17.4 Å². The first-order valence-electron chi connectivity index (χ1n) is 6.05. The van der Waals surface area contributed by atoms with Gasteiger partial charge in [-0.25, -0.2) is 9.59 Å². The Morgan fingerprint density at radius 2 is 2.20 bits per heavy atom. The molecule has 2 unspecified atom stereocenters. The molecule has 0 saturated carbocycles. The fourth-order valence-electron chi connectivity index (χ4n) is 1.95. The van der Waals surface area contributed by atoms with Gasteiger partial charge in [0, 0.05) is 18.1 Å². The van der Waals surface area contributed by atoms with Crippen LogP contribution in [-0.4, -0.2) is 29.1 Å². The van der Waals surface area contributed by atoms with Crippen molar-refractivity contribution >= 4 is 17.6 Å². The lowest BCUT2D eigenvalue weighted by Crippen LogP contribution is -2.22. The number of ether oxygens (including phenoxy) is 2. The first kappa shape index (κ1) is 14.0. The molecule has 1 aromatic carbocycles. The molecule has 0 aromatic heterocycles. The van der Waals surface area contributed by atoms with Crippen LogP contribution in [0, 0.1) is 17.0 Å². The summed E-state index contributed by atoms with van der Waals surface area (Å²) in [6.07, 6.45) is -0.955. The van der Waals surface area contributed by atoms with Crippen LogP contribution in [0.3, 0.4) is 0 Å². The Morgan fingerprint density at radius 3 is 2.75 bits per heavy atom.